The van der Waals surface area contributed by atoms with Crippen LogP contribution in [0.4, 0.5) is 11.4 Å². The predicted molar refractivity (Wildman–Crippen MR) is 60.3 cm³/mol. The van der Waals surface area contributed by atoms with Crippen LogP contribution in [0.1, 0.15) is 10.6 Å². The van der Waals surface area contributed by atoms with Gasteiger partial charge < -0.3 is 15.6 Å². The summed E-state index contributed by atoms with van der Waals surface area (Å²) in [7, 11) is 0. The van der Waals surface area contributed by atoms with E-state index in [0.29, 0.717) is 16.4 Å². The van der Waals surface area contributed by atoms with Crippen molar-refractivity contribution in [2.75, 3.05) is 11.1 Å². The first kappa shape index (κ1) is 10.5. The van der Waals surface area contributed by atoms with E-state index in [1.54, 1.807) is 18.2 Å². The maximum absolute atomic E-state index is 11.6. The Morgan fingerprint density at radius 3 is 2.88 bits per heavy atom. The molecule has 0 saturated carbocycles. The molecule has 0 saturated heterocycles. The van der Waals surface area contributed by atoms with Crippen molar-refractivity contribution in [2.45, 2.75) is 0 Å². The zero-order valence-corrected chi connectivity index (χ0v) is 8.86. The van der Waals surface area contributed by atoms with E-state index >= 15 is 0 Å². The molecule has 1 aromatic heterocycles. The molecule has 1 heterocycles. The summed E-state index contributed by atoms with van der Waals surface area (Å²) in [5, 5.41) is 6.38. The Morgan fingerprint density at radius 2 is 2.25 bits per heavy atom. The van der Waals surface area contributed by atoms with Crippen LogP contribution in [0.25, 0.3) is 0 Å². The molecule has 0 spiro atoms. The monoisotopic (exact) mass is 237 g/mol. The third-order valence-corrected chi connectivity index (χ3v) is 2.22. The van der Waals surface area contributed by atoms with Crippen LogP contribution in [-0.2, 0) is 0 Å². The molecule has 1 amide bonds. The quantitative estimate of drug-likeness (QED) is 0.785. The first-order chi connectivity index (χ1) is 7.66. The molecule has 0 unspecified atom stereocenters. The average molecular weight is 238 g/mol. The van der Waals surface area contributed by atoms with E-state index in [4.69, 9.17) is 21.9 Å². The number of rotatable bonds is 2. The molecule has 5 nitrogen and oxygen atoms in total. The molecule has 0 atom stereocenters. The van der Waals surface area contributed by atoms with E-state index in [2.05, 4.69) is 10.5 Å². The summed E-state index contributed by atoms with van der Waals surface area (Å²) in [5.74, 6) is -0.294. The third-order valence-electron chi connectivity index (χ3n) is 1.90. The molecule has 0 radical (unpaired) electrons. The lowest BCUT2D eigenvalue weighted by atomic mass is 10.3. The Labute approximate surface area is 96.2 Å². The number of benzene rings is 1. The smallest absolute Gasteiger partial charge is 0.294 e. The maximum atomic E-state index is 11.6. The second-order valence-electron chi connectivity index (χ2n) is 3.07. The first-order valence-corrected chi connectivity index (χ1v) is 4.81. The Balaban J connectivity index is 2.18. The largest absolute Gasteiger partial charge is 0.399 e. The minimum absolute atomic E-state index is 0.118. The Bertz CT molecular complexity index is 511. The number of carbonyl (C=O) groups is 1. The van der Waals surface area contributed by atoms with Crippen molar-refractivity contribution in [1.29, 1.82) is 0 Å². The normalized spacial score (nSPS) is 10.1. The molecule has 3 N–H and O–H groups in total. The third kappa shape index (κ3) is 2.14. The van der Waals surface area contributed by atoms with Gasteiger partial charge in [-0.2, -0.15) is 0 Å². The van der Waals surface area contributed by atoms with Crippen LogP contribution in [0.15, 0.2) is 35.0 Å². The molecule has 0 aliphatic carbocycles. The number of anilines is 2. The lowest BCUT2D eigenvalue weighted by molar-refractivity contribution is 0.0988. The van der Waals surface area contributed by atoms with Gasteiger partial charge in [-0.1, -0.05) is 16.8 Å². The standard InChI is InChI=1S/C10H8ClN3O2/c11-7-5-6(12)1-2-8(7)14-10(15)9-3-4-13-16-9/h1-5H,12H2,(H,14,15). The summed E-state index contributed by atoms with van der Waals surface area (Å²) >= 11 is 5.89. The second kappa shape index (κ2) is 4.24. The lowest BCUT2D eigenvalue weighted by Gasteiger charge is -2.05. The number of hydrogen-bond donors (Lipinski definition) is 2. The first-order valence-electron chi connectivity index (χ1n) is 4.44. The number of nitrogen functional groups attached to an aromatic ring is 1. The van der Waals surface area contributed by atoms with Crippen molar-refractivity contribution >= 4 is 28.9 Å². The van der Waals surface area contributed by atoms with Crippen molar-refractivity contribution < 1.29 is 9.32 Å². The summed E-state index contributed by atoms with van der Waals surface area (Å²) in [4.78, 5) is 11.6. The van der Waals surface area contributed by atoms with Gasteiger partial charge in [-0.05, 0) is 18.2 Å². The fourth-order valence-electron chi connectivity index (χ4n) is 1.15. The molecule has 16 heavy (non-hydrogen) atoms. The Kier molecular flexibility index (Phi) is 2.78. The molecule has 1 aromatic carbocycles. The Hall–Kier alpha value is -2.01. The highest BCUT2D eigenvalue weighted by Gasteiger charge is 2.11. The van der Waals surface area contributed by atoms with Crippen LogP contribution >= 0.6 is 11.6 Å². The van der Waals surface area contributed by atoms with Crippen molar-refractivity contribution in [3.8, 4) is 0 Å². The van der Waals surface area contributed by atoms with Gasteiger partial charge in [-0.3, -0.25) is 4.79 Å². The highest BCUT2D eigenvalue weighted by molar-refractivity contribution is 6.34. The fraction of sp³-hybridized carbons (Fsp3) is 0. The van der Waals surface area contributed by atoms with Gasteiger partial charge in [0.1, 0.15) is 0 Å². The van der Waals surface area contributed by atoms with Crippen molar-refractivity contribution in [1.82, 2.24) is 5.16 Å². The molecule has 0 fully saturated rings. The van der Waals surface area contributed by atoms with Gasteiger partial charge in [0.2, 0.25) is 5.76 Å². The molecule has 0 aliphatic heterocycles. The highest BCUT2D eigenvalue weighted by atomic mass is 35.5. The zero-order valence-electron chi connectivity index (χ0n) is 8.11. The molecule has 82 valence electrons. The molecule has 6 heteroatoms. The maximum Gasteiger partial charge on any atom is 0.294 e. The highest BCUT2D eigenvalue weighted by Crippen LogP contribution is 2.24. The lowest BCUT2D eigenvalue weighted by Crippen LogP contribution is -2.11. The number of halogens is 1. The summed E-state index contributed by atoms with van der Waals surface area (Å²) in [6.07, 6.45) is 1.39. The van der Waals surface area contributed by atoms with E-state index in [9.17, 15) is 4.79 Å². The number of amides is 1. The average Bonchev–Trinajstić information content (AvgIpc) is 2.75. The van der Waals surface area contributed by atoms with Crippen LogP contribution in [-0.4, -0.2) is 11.1 Å². The number of nitrogens with one attached hydrogen (secondary N) is 1. The van der Waals surface area contributed by atoms with Crippen LogP contribution < -0.4 is 11.1 Å². The second-order valence-corrected chi connectivity index (χ2v) is 3.48. The number of nitrogens with two attached hydrogens (primary N) is 1. The fourth-order valence-corrected chi connectivity index (χ4v) is 1.39. The minimum atomic E-state index is -0.413. The number of aromatic nitrogens is 1. The number of hydrogen-bond acceptors (Lipinski definition) is 4. The predicted octanol–water partition coefficient (Wildman–Crippen LogP) is 2.16. The van der Waals surface area contributed by atoms with Gasteiger partial charge in [-0.25, -0.2) is 0 Å². The molecule has 2 rings (SSSR count). The van der Waals surface area contributed by atoms with Gasteiger partial charge >= 0.3 is 0 Å². The van der Waals surface area contributed by atoms with Crippen molar-refractivity contribution in [3.05, 3.63) is 41.2 Å². The van der Waals surface area contributed by atoms with Gasteiger partial charge in [0.05, 0.1) is 16.9 Å². The molecule has 0 aliphatic rings. The summed E-state index contributed by atoms with van der Waals surface area (Å²) < 4.78 is 4.70. The Morgan fingerprint density at radius 1 is 1.44 bits per heavy atom. The van der Waals surface area contributed by atoms with Gasteiger partial charge in [0.25, 0.3) is 5.91 Å². The van der Waals surface area contributed by atoms with Crippen molar-refractivity contribution in [3.63, 3.8) is 0 Å². The van der Waals surface area contributed by atoms with Crippen LogP contribution in [0.5, 0.6) is 0 Å². The van der Waals surface area contributed by atoms with Crippen LogP contribution in [0, 0.1) is 0 Å². The van der Waals surface area contributed by atoms with E-state index in [1.807, 2.05) is 0 Å². The van der Waals surface area contributed by atoms with Crippen LogP contribution in [0.3, 0.4) is 0 Å². The number of carbonyl (C=O) groups excluding carboxylic acids is 1. The zero-order chi connectivity index (χ0) is 11.5. The van der Waals surface area contributed by atoms with Gasteiger partial charge in [0.15, 0.2) is 0 Å². The molecule has 0 bridgehead atoms. The number of nitrogens with zero attached hydrogens (tertiary/aromatic N) is 1. The minimum Gasteiger partial charge on any atom is -0.399 e. The summed E-state index contributed by atoms with van der Waals surface area (Å²) in [6, 6.07) is 6.27. The van der Waals surface area contributed by atoms with E-state index in [-0.39, 0.29) is 5.76 Å². The topological polar surface area (TPSA) is 81.1 Å². The van der Waals surface area contributed by atoms with E-state index < -0.39 is 5.91 Å². The van der Waals surface area contributed by atoms with Crippen LogP contribution in [0.2, 0.25) is 5.02 Å². The summed E-state index contributed by atoms with van der Waals surface area (Å²) in [5.41, 5.74) is 6.53. The van der Waals surface area contributed by atoms with Gasteiger partial charge in [-0.15, -0.1) is 0 Å². The summed E-state index contributed by atoms with van der Waals surface area (Å²) in [6.45, 7) is 0. The SMILES string of the molecule is Nc1ccc(NC(=O)c2ccno2)c(Cl)c1. The molecule has 2 aromatic rings. The molecular weight excluding hydrogens is 230 g/mol. The van der Waals surface area contributed by atoms with E-state index in [1.165, 1.54) is 12.3 Å². The molecular formula is C10H8ClN3O2. The van der Waals surface area contributed by atoms with E-state index in [0.717, 1.165) is 0 Å². The van der Waals surface area contributed by atoms with Gasteiger partial charge in [0, 0.05) is 11.8 Å². The van der Waals surface area contributed by atoms with Crippen molar-refractivity contribution in [2.24, 2.45) is 0 Å².